The fourth-order valence-corrected chi connectivity index (χ4v) is 11.8. The molecule has 2 heterocycles. The van der Waals surface area contributed by atoms with Gasteiger partial charge in [-0.3, -0.25) is 4.79 Å². The Bertz CT molecular complexity index is 1960. The van der Waals surface area contributed by atoms with Gasteiger partial charge in [0.25, 0.3) is 0 Å². The molecule has 5 aromatic rings. The van der Waals surface area contributed by atoms with Gasteiger partial charge < -0.3 is 5.11 Å². The number of hydrogen-bond donors (Lipinski definition) is 1. The Morgan fingerprint density at radius 3 is 2.17 bits per heavy atom. The van der Waals surface area contributed by atoms with Crippen LogP contribution in [0.2, 0.25) is 17.3 Å². The monoisotopic (exact) mass is 905 g/mol. The Labute approximate surface area is 310 Å². The fourth-order valence-electron chi connectivity index (χ4n) is 6.48. The molecule has 0 amide bonds. The first-order chi connectivity index (χ1) is 22.5. The summed E-state index contributed by atoms with van der Waals surface area (Å²) in [6.07, 6.45) is 4.97. The molecule has 259 valence electrons. The molecule has 0 fully saturated rings. The van der Waals surface area contributed by atoms with E-state index in [4.69, 9.17) is 1.37 Å². The van der Waals surface area contributed by atoms with Crippen molar-refractivity contribution in [3.8, 4) is 11.3 Å². The molecule has 0 aliphatic rings. The SMILES string of the molecule is CCC(CC)C(=O)/C=C(\O)C(CC)CC.[2H]c1nc(-c2[c-]c3ccccc3c(C(C)(C)C)c2)c2sc3c(C)[c]([Ge]([CH3])([CH3])[CH3])ccc3c2n1.[Ir]. The summed E-state index contributed by atoms with van der Waals surface area (Å²) in [7, 11) is 0. The van der Waals surface area contributed by atoms with Crippen LogP contribution in [0.15, 0.2) is 60.6 Å². The molecule has 0 aliphatic carbocycles. The first kappa shape index (κ1) is 38.4. The molecule has 0 saturated heterocycles. The summed E-state index contributed by atoms with van der Waals surface area (Å²) >= 11 is -0.231. The van der Waals surface area contributed by atoms with Crippen molar-refractivity contribution < 1.29 is 31.4 Å². The summed E-state index contributed by atoms with van der Waals surface area (Å²) in [4.78, 5) is 20.9. The van der Waals surface area contributed by atoms with Crippen molar-refractivity contribution >= 4 is 65.9 Å². The first-order valence-electron chi connectivity index (χ1n) is 17.7. The molecule has 1 radical (unpaired) electrons. The van der Waals surface area contributed by atoms with E-state index in [1.807, 2.05) is 27.7 Å². The third-order valence-electron chi connectivity index (χ3n) is 9.35. The van der Waals surface area contributed by atoms with Crippen LogP contribution in [0.4, 0.5) is 0 Å². The molecule has 7 heteroatoms. The van der Waals surface area contributed by atoms with Crippen molar-refractivity contribution in [1.29, 1.82) is 0 Å². The van der Waals surface area contributed by atoms with Crippen LogP contribution in [0, 0.1) is 24.8 Å². The molecule has 0 spiro atoms. The fraction of sp³-hybridized carbons (Fsp3) is 0.439. The molecule has 0 saturated carbocycles. The van der Waals surface area contributed by atoms with E-state index in [9.17, 15) is 9.90 Å². The van der Waals surface area contributed by atoms with E-state index in [0.29, 0.717) is 0 Å². The normalized spacial score (nSPS) is 12.8. The standard InChI is InChI=1S/C28H29GeN2S.C13H24O2.Ir/c1-17-23(29(5,6)7)13-12-21-25-27(32-26(17)21)24(30-16-31-25)19-14-18-10-8-9-11-20(18)22(15-19)28(2,3)4;1-5-10(6-2)12(14)9-13(15)11(7-3)8-4;/h8-13,15-16H,1-7H3;9-11,14H,5-8H2,1-4H3;/q-1;;/b;12-9-;/i16D;;. The Kier molecular flexibility index (Phi) is 13.3. The molecule has 48 heavy (non-hydrogen) atoms. The zero-order valence-corrected chi connectivity index (χ0v) is 35.9. The maximum absolute atomic E-state index is 11.7. The maximum atomic E-state index is 11.7. The van der Waals surface area contributed by atoms with Gasteiger partial charge >= 0.3 is 199 Å². The third-order valence-corrected chi connectivity index (χ3v) is 15.2. The average molecular weight is 904 g/mol. The maximum Gasteiger partial charge on any atom is 0 e. The number of carbonyl (C=O) groups is 1. The van der Waals surface area contributed by atoms with Crippen molar-refractivity contribution in [2.75, 3.05) is 0 Å². The van der Waals surface area contributed by atoms with Gasteiger partial charge in [0.2, 0.25) is 0 Å². The second-order valence-electron chi connectivity index (χ2n) is 14.7. The molecule has 0 bridgehead atoms. The van der Waals surface area contributed by atoms with Gasteiger partial charge in [-0.05, 0) is 25.7 Å². The van der Waals surface area contributed by atoms with Gasteiger partial charge in [0, 0.05) is 38.0 Å². The average Bonchev–Trinajstić information content (AvgIpc) is 3.40. The van der Waals surface area contributed by atoms with Gasteiger partial charge in [0.05, 0.1) is 5.76 Å². The number of hydrogen-bond acceptors (Lipinski definition) is 5. The number of thiophene rings is 1. The van der Waals surface area contributed by atoms with Crippen molar-refractivity contribution in [2.24, 2.45) is 11.8 Å². The van der Waals surface area contributed by atoms with Crippen LogP contribution in [0.5, 0.6) is 0 Å². The van der Waals surface area contributed by atoms with Gasteiger partial charge in [-0.2, -0.15) is 0 Å². The van der Waals surface area contributed by atoms with E-state index in [-0.39, 0.29) is 55.2 Å². The Balaban J connectivity index is 0.000000347. The number of allylic oxidation sites excluding steroid dienone is 2. The van der Waals surface area contributed by atoms with Crippen molar-refractivity contribution in [2.45, 2.75) is 104 Å². The molecule has 0 atom stereocenters. The molecular formula is C41H53GeIrN2O2S-. The van der Waals surface area contributed by atoms with Gasteiger partial charge in [-0.25, -0.2) is 0 Å². The number of aromatic nitrogens is 2. The minimum atomic E-state index is -2.00. The van der Waals surface area contributed by atoms with Crippen LogP contribution >= 0.6 is 11.3 Å². The summed E-state index contributed by atoms with van der Waals surface area (Å²) in [6.45, 7) is 17.0. The van der Waals surface area contributed by atoms with Crippen LogP contribution in [0.3, 0.4) is 0 Å². The summed E-state index contributed by atoms with van der Waals surface area (Å²) in [6, 6.07) is 18.8. The number of rotatable bonds is 9. The summed E-state index contributed by atoms with van der Waals surface area (Å²) in [5, 5.41) is 13.2. The van der Waals surface area contributed by atoms with Crippen molar-refractivity contribution in [3.63, 3.8) is 0 Å². The van der Waals surface area contributed by atoms with Gasteiger partial charge in [-0.15, -0.1) is 0 Å². The minimum Gasteiger partial charge on any atom is 0 e. The number of aliphatic hydroxyl groups is 1. The zero-order valence-electron chi connectivity index (χ0n) is 31.6. The smallest absolute Gasteiger partial charge is 0 e. The first-order valence-corrected chi connectivity index (χ1v) is 25.3. The Morgan fingerprint density at radius 1 is 0.958 bits per heavy atom. The van der Waals surface area contributed by atoms with E-state index >= 15 is 0 Å². The van der Waals surface area contributed by atoms with Gasteiger partial charge in [0.15, 0.2) is 5.78 Å². The molecule has 0 aliphatic heterocycles. The van der Waals surface area contributed by atoms with E-state index in [1.54, 1.807) is 11.3 Å². The number of fused-ring (bicyclic) bond motifs is 4. The Morgan fingerprint density at radius 2 is 1.58 bits per heavy atom. The van der Waals surface area contributed by atoms with Crippen LogP contribution in [-0.2, 0) is 30.3 Å². The van der Waals surface area contributed by atoms with Crippen LogP contribution in [-0.4, -0.2) is 34.1 Å². The molecule has 5 rings (SSSR count). The molecule has 3 aromatic carbocycles. The third kappa shape index (κ3) is 8.67. The second-order valence-corrected chi connectivity index (χ2v) is 26.3. The summed E-state index contributed by atoms with van der Waals surface area (Å²) in [5.41, 5.74) is 5.27. The number of aliphatic hydroxyl groups excluding tert-OH is 1. The van der Waals surface area contributed by atoms with Crippen LogP contribution < -0.4 is 4.40 Å². The van der Waals surface area contributed by atoms with Gasteiger partial charge in [0.1, 0.15) is 0 Å². The number of aryl methyl sites for hydroxylation is 1. The number of carbonyl (C=O) groups excluding carboxylic acids is 1. The van der Waals surface area contributed by atoms with Crippen LogP contribution in [0.1, 0.15) is 86.6 Å². The summed E-state index contributed by atoms with van der Waals surface area (Å²) < 4.78 is 12.3. The topological polar surface area (TPSA) is 63.1 Å². The van der Waals surface area contributed by atoms with Crippen molar-refractivity contribution in [1.82, 2.24) is 9.97 Å². The number of nitrogens with zero attached hydrogens (tertiary/aromatic N) is 2. The molecule has 2 aromatic heterocycles. The van der Waals surface area contributed by atoms with Crippen molar-refractivity contribution in [3.05, 3.63) is 77.8 Å². The molecule has 4 nitrogen and oxygen atoms in total. The predicted octanol–water partition coefficient (Wildman–Crippen LogP) is 11.5. The van der Waals surface area contributed by atoms with E-state index < -0.39 is 13.3 Å². The number of ketones is 1. The molecule has 0 unspecified atom stereocenters. The number of benzene rings is 3. The summed E-state index contributed by atoms with van der Waals surface area (Å²) in [5.74, 6) is 7.86. The van der Waals surface area contributed by atoms with E-state index in [2.05, 4.69) is 103 Å². The van der Waals surface area contributed by atoms with E-state index in [1.165, 1.54) is 31.7 Å². The minimum absolute atomic E-state index is 0. The quantitative estimate of drug-likeness (QED) is 0.0693. The predicted molar refractivity (Wildman–Crippen MR) is 207 cm³/mol. The van der Waals surface area contributed by atoms with Crippen LogP contribution in [0.25, 0.3) is 42.3 Å². The largest absolute Gasteiger partial charge is 0 e. The van der Waals surface area contributed by atoms with Gasteiger partial charge in [-0.1, -0.05) is 27.7 Å². The zero-order chi connectivity index (χ0) is 35.6. The Hall–Kier alpha value is -2.38. The molecular weight excluding hydrogens is 849 g/mol. The second kappa shape index (κ2) is 16.6. The van der Waals surface area contributed by atoms with E-state index in [0.717, 1.165) is 57.9 Å². The molecule has 1 N–H and O–H groups in total.